The maximum absolute atomic E-state index is 4.36. The van der Waals surface area contributed by atoms with E-state index >= 15 is 0 Å². The summed E-state index contributed by atoms with van der Waals surface area (Å²) in [5, 5.41) is 3.31. The van der Waals surface area contributed by atoms with Crippen LogP contribution >= 0.6 is 0 Å². The van der Waals surface area contributed by atoms with E-state index in [9.17, 15) is 0 Å². The van der Waals surface area contributed by atoms with E-state index in [0.29, 0.717) is 0 Å². The highest BCUT2D eigenvalue weighted by Gasteiger charge is 2.13. The Labute approximate surface area is 101 Å². The number of nitrogens with zero attached hydrogens (tertiary/aromatic N) is 3. The average Bonchev–Trinajstić information content (AvgIpc) is 2.56. The van der Waals surface area contributed by atoms with Crippen LogP contribution in [0.4, 0.5) is 5.82 Å². The Kier molecular flexibility index (Phi) is 3.13. The van der Waals surface area contributed by atoms with E-state index in [4.69, 9.17) is 0 Å². The number of fused-ring (bicyclic) bond motifs is 1. The second-order valence-corrected chi connectivity index (χ2v) is 4.14. The van der Waals surface area contributed by atoms with Gasteiger partial charge in [0.1, 0.15) is 11.8 Å². The molecule has 4 nitrogen and oxygen atoms in total. The first-order chi connectivity index (χ1) is 8.16. The molecule has 0 saturated heterocycles. The van der Waals surface area contributed by atoms with Crippen molar-refractivity contribution in [3.63, 3.8) is 0 Å². The molecule has 0 aliphatic carbocycles. The van der Waals surface area contributed by atoms with Crippen LogP contribution in [0.2, 0.25) is 0 Å². The molecular weight excluding hydrogens is 212 g/mol. The lowest BCUT2D eigenvalue weighted by atomic mass is 10.2. The summed E-state index contributed by atoms with van der Waals surface area (Å²) in [6.45, 7) is 6.99. The minimum absolute atomic E-state index is 0.784. The summed E-state index contributed by atoms with van der Waals surface area (Å²) < 4.78 is 2.14. The van der Waals surface area contributed by atoms with Crippen LogP contribution in [0.15, 0.2) is 18.5 Å². The van der Waals surface area contributed by atoms with Crippen molar-refractivity contribution in [3.05, 3.63) is 29.7 Å². The lowest BCUT2D eigenvalue weighted by Crippen LogP contribution is -2.03. The third-order valence-corrected chi connectivity index (χ3v) is 3.18. The molecular formula is C13H18N4. The molecule has 90 valence electrons. The normalized spacial score (nSPS) is 11.5. The first-order valence-electron chi connectivity index (χ1n) is 5.78. The Morgan fingerprint density at radius 3 is 2.82 bits per heavy atom. The lowest BCUT2D eigenvalue weighted by Gasteiger charge is -2.06. The molecule has 1 N–H and O–H groups in total. The summed E-state index contributed by atoms with van der Waals surface area (Å²) >= 11 is 0. The van der Waals surface area contributed by atoms with E-state index in [0.717, 1.165) is 23.4 Å². The fraction of sp³-hybridized carbons (Fsp3) is 0.385. The third-order valence-electron chi connectivity index (χ3n) is 3.18. The molecule has 2 heterocycles. The Hall–Kier alpha value is -1.84. The van der Waals surface area contributed by atoms with Gasteiger partial charge >= 0.3 is 0 Å². The molecule has 2 aromatic heterocycles. The topological polar surface area (TPSA) is 42.7 Å². The quantitative estimate of drug-likeness (QED) is 0.824. The van der Waals surface area contributed by atoms with Crippen molar-refractivity contribution < 1.29 is 0 Å². The van der Waals surface area contributed by atoms with E-state index in [1.54, 1.807) is 6.33 Å². The molecule has 0 aliphatic heterocycles. The first-order valence-corrected chi connectivity index (χ1v) is 5.78. The number of hydrogen-bond acceptors (Lipinski definition) is 3. The van der Waals surface area contributed by atoms with Crippen LogP contribution in [0.5, 0.6) is 0 Å². The van der Waals surface area contributed by atoms with Gasteiger partial charge < -0.3 is 9.88 Å². The van der Waals surface area contributed by atoms with E-state index in [2.05, 4.69) is 46.8 Å². The molecule has 0 amide bonds. The van der Waals surface area contributed by atoms with Gasteiger partial charge in [-0.3, -0.25) is 0 Å². The van der Waals surface area contributed by atoms with Gasteiger partial charge in [0.2, 0.25) is 0 Å². The predicted molar refractivity (Wildman–Crippen MR) is 71.3 cm³/mol. The van der Waals surface area contributed by atoms with Crippen LogP contribution in [0, 0.1) is 13.8 Å². The summed E-state index contributed by atoms with van der Waals surface area (Å²) in [5.74, 6) is 0.895. The second kappa shape index (κ2) is 4.57. The Morgan fingerprint density at radius 1 is 1.35 bits per heavy atom. The molecule has 0 aliphatic rings. The average molecular weight is 230 g/mol. The highest BCUT2D eigenvalue weighted by Crippen LogP contribution is 2.26. The minimum atomic E-state index is 0.784. The second-order valence-electron chi connectivity index (χ2n) is 4.14. The highest BCUT2D eigenvalue weighted by atomic mass is 15.1. The van der Waals surface area contributed by atoms with Gasteiger partial charge in [-0.2, -0.15) is 0 Å². The molecule has 2 aromatic rings. The summed E-state index contributed by atoms with van der Waals surface area (Å²) in [5.41, 5.74) is 4.56. The standard InChI is InChI=1S/C13H18N4/c1-5-6-7-14-13-12-11(15-8-16-13)9(2)10(3)17(12)4/h5-6,8H,7H2,1-4H3,(H,14,15,16)/b6-5-. The van der Waals surface area contributed by atoms with Crippen LogP contribution in [0.1, 0.15) is 18.2 Å². The maximum Gasteiger partial charge on any atom is 0.154 e. The number of nitrogens with one attached hydrogen (secondary N) is 1. The Balaban J connectivity index is 2.53. The van der Waals surface area contributed by atoms with Gasteiger partial charge in [0.15, 0.2) is 5.82 Å². The zero-order valence-corrected chi connectivity index (χ0v) is 10.8. The van der Waals surface area contributed by atoms with E-state index < -0.39 is 0 Å². The summed E-state index contributed by atoms with van der Waals surface area (Å²) in [4.78, 5) is 8.68. The molecule has 17 heavy (non-hydrogen) atoms. The van der Waals surface area contributed by atoms with Crippen molar-refractivity contribution in [1.82, 2.24) is 14.5 Å². The molecule has 0 bridgehead atoms. The van der Waals surface area contributed by atoms with E-state index in [1.807, 2.05) is 13.0 Å². The fourth-order valence-corrected chi connectivity index (χ4v) is 1.96. The van der Waals surface area contributed by atoms with E-state index in [1.165, 1.54) is 11.3 Å². The smallest absolute Gasteiger partial charge is 0.154 e. The summed E-state index contributed by atoms with van der Waals surface area (Å²) in [6, 6.07) is 0. The van der Waals surface area contributed by atoms with Crippen molar-refractivity contribution in [2.45, 2.75) is 20.8 Å². The third kappa shape index (κ3) is 1.90. The molecule has 0 fully saturated rings. The number of anilines is 1. The highest BCUT2D eigenvalue weighted by molar-refractivity contribution is 5.89. The van der Waals surface area contributed by atoms with Crippen LogP contribution < -0.4 is 5.32 Å². The SMILES string of the molecule is C/C=C\CNc1ncnc2c(C)c(C)n(C)c12. The number of aryl methyl sites for hydroxylation is 2. The lowest BCUT2D eigenvalue weighted by molar-refractivity contribution is 0.907. The first kappa shape index (κ1) is 11.6. The van der Waals surface area contributed by atoms with Crippen molar-refractivity contribution in [3.8, 4) is 0 Å². The minimum Gasteiger partial charge on any atom is -0.365 e. The maximum atomic E-state index is 4.36. The summed E-state index contributed by atoms with van der Waals surface area (Å²) in [7, 11) is 2.05. The molecule has 0 spiro atoms. The Morgan fingerprint density at radius 2 is 2.12 bits per heavy atom. The molecule has 0 radical (unpaired) electrons. The zero-order valence-electron chi connectivity index (χ0n) is 10.8. The van der Waals surface area contributed by atoms with Gasteiger partial charge in [0.05, 0.1) is 5.52 Å². The number of rotatable bonds is 3. The van der Waals surface area contributed by atoms with Crippen LogP contribution in [-0.2, 0) is 7.05 Å². The molecule has 0 aromatic carbocycles. The van der Waals surface area contributed by atoms with Gasteiger partial charge in [-0.25, -0.2) is 9.97 Å². The van der Waals surface area contributed by atoms with Gasteiger partial charge in [0.25, 0.3) is 0 Å². The van der Waals surface area contributed by atoms with Crippen molar-refractivity contribution in [2.75, 3.05) is 11.9 Å². The van der Waals surface area contributed by atoms with Gasteiger partial charge in [-0.1, -0.05) is 12.2 Å². The van der Waals surface area contributed by atoms with Gasteiger partial charge in [0, 0.05) is 19.3 Å². The zero-order chi connectivity index (χ0) is 12.4. The summed E-state index contributed by atoms with van der Waals surface area (Å²) in [6.07, 6.45) is 5.70. The largest absolute Gasteiger partial charge is 0.365 e. The Bertz CT molecular complexity index is 566. The van der Waals surface area contributed by atoms with Crippen molar-refractivity contribution in [2.24, 2.45) is 7.05 Å². The van der Waals surface area contributed by atoms with Gasteiger partial charge in [-0.15, -0.1) is 0 Å². The predicted octanol–water partition coefficient (Wildman–Crippen LogP) is 2.57. The van der Waals surface area contributed by atoms with Crippen LogP contribution in [-0.4, -0.2) is 21.1 Å². The molecule has 0 saturated carbocycles. The van der Waals surface area contributed by atoms with Crippen LogP contribution in [0.3, 0.4) is 0 Å². The monoisotopic (exact) mass is 230 g/mol. The van der Waals surface area contributed by atoms with Crippen molar-refractivity contribution >= 4 is 16.9 Å². The van der Waals surface area contributed by atoms with Gasteiger partial charge in [-0.05, 0) is 26.3 Å². The van der Waals surface area contributed by atoms with E-state index in [-0.39, 0.29) is 0 Å². The van der Waals surface area contributed by atoms with Crippen molar-refractivity contribution in [1.29, 1.82) is 0 Å². The number of aromatic nitrogens is 3. The number of allylic oxidation sites excluding steroid dienone is 1. The molecule has 4 heteroatoms. The fourth-order valence-electron chi connectivity index (χ4n) is 1.96. The molecule has 2 rings (SSSR count). The molecule has 0 unspecified atom stereocenters. The number of hydrogen-bond donors (Lipinski definition) is 1. The van der Waals surface area contributed by atoms with Crippen LogP contribution in [0.25, 0.3) is 11.0 Å². The molecule has 0 atom stereocenters.